The second-order valence-electron chi connectivity index (χ2n) is 11.1. The van der Waals surface area contributed by atoms with Gasteiger partial charge in [0.05, 0.1) is 5.56 Å². The van der Waals surface area contributed by atoms with Crippen LogP contribution in [0.3, 0.4) is 0 Å². The number of esters is 1. The van der Waals surface area contributed by atoms with Crippen molar-refractivity contribution in [3.63, 3.8) is 0 Å². The summed E-state index contributed by atoms with van der Waals surface area (Å²) in [5.74, 6) is 4.21. The van der Waals surface area contributed by atoms with Gasteiger partial charge in [-0.1, -0.05) is 24.8 Å². The lowest BCUT2D eigenvalue weighted by Crippen LogP contribution is -2.34. The molecule has 8 nitrogen and oxygen atoms in total. The van der Waals surface area contributed by atoms with Gasteiger partial charge >= 0.3 is 12.1 Å². The molecule has 0 saturated carbocycles. The van der Waals surface area contributed by atoms with Crippen LogP contribution in [0.5, 0.6) is 0 Å². The number of anilines is 1. The predicted molar refractivity (Wildman–Crippen MR) is 139 cm³/mol. The number of fused-ring (bicyclic) bond motifs is 2. The van der Waals surface area contributed by atoms with Gasteiger partial charge in [-0.2, -0.15) is 0 Å². The Morgan fingerprint density at radius 1 is 1.16 bits per heavy atom. The number of cyclic esters (lactones) is 1. The van der Waals surface area contributed by atoms with Crippen molar-refractivity contribution in [2.75, 3.05) is 11.9 Å². The molecule has 0 radical (unpaired) electrons. The van der Waals surface area contributed by atoms with E-state index in [1.165, 1.54) is 11.0 Å². The highest BCUT2D eigenvalue weighted by atomic mass is 16.8. The summed E-state index contributed by atoms with van der Waals surface area (Å²) in [7, 11) is 1.60. The fourth-order valence-corrected chi connectivity index (χ4v) is 4.07. The quantitative estimate of drug-likeness (QED) is 0.389. The Kier molecular flexibility index (Phi) is 8.21. The van der Waals surface area contributed by atoms with Crippen LogP contribution in [0.25, 0.3) is 0 Å². The van der Waals surface area contributed by atoms with E-state index in [0.717, 1.165) is 0 Å². The Bertz CT molecular complexity index is 1170. The lowest BCUT2D eigenvalue weighted by molar-refractivity contribution is -0.152. The average Bonchev–Trinajstić information content (AvgIpc) is 3.08. The summed E-state index contributed by atoms with van der Waals surface area (Å²) in [6.45, 7) is 14.3. The van der Waals surface area contributed by atoms with Crippen LogP contribution in [0.15, 0.2) is 24.3 Å². The number of nitrogens with zero attached hydrogens (tertiary/aromatic N) is 1. The van der Waals surface area contributed by atoms with Crippen molar-refractivity contribution in [2.45, 2.75) is 91.5 Å². The van der Waals surface area contributed by atoms with Crippen LogP contribution >= 0.6 is 0 Å². The van der Waals surface area contributed by atoms with E-state index in [1.54, 1.807) is 73.7 Å². The summed E-state index contributed by atoms with van der Waals surface area (Å²) >= 11 is 0. The number of benzene rings is 1. The number of hydrogen-bond donors (Lipinski definition) is 0. The minimum absolute atomic E-state index is 0.208. The van der Waals surface area contributed by atoms with Gasteiger partial charge in [-0.05, 0) is 72.2 Å². The maximum Gasteiger partial charge on any atom is 0.414 e. The first-order valence-corrected chi connectivity index (χ1v) is 12.5. The summed E-state index contributed by atoms with van der Waals surface area (Å²) in [5, 5.41) is 0. The van der Waals surface area contributed by atoms with Crippen molar-refractivity contribution in [1.29, 1.82) is 0 Å². The Morgan fingerprint density at radius 3 is 2.49 bits per heavy atom. The van der Waals surface area contributed by atoms with Gasteiger partial charge in [0.1, 0.15) is 17.8 Å². The van der Waals surface area contributed by atoms with Crippen molar-refractivity contribution < 1.29 is 33.3 Å². The van der Waals surface area contributed by atoms with Gasteiger partial charge in [0, 0.05) is 30.6 Å². The fourth-order valence-electron chi connectivity index (χ4n) is 4.07. The molecule has 1 aromatic rings. The first kappa shape index (κ1) is 28.4. The van der Waals surface area contributed by atoms with Crippen molar-refractivity contribution in [3.05, 3.63) is 41.0 Å². The maximum atomic E-state index is 13.3. The van der Waals surface area contributed by atoms with Gasteiger partial charge in [-0.25, -0.2) is 9.59 Å². The number of carbonyl (C=O) groups is 3. The molecule has 37 heavy (non-hydrogen) atoms. The predicted octanol–water partition coefficient (Wildman–Crippen LogP) is 4.95. The first-order chi connectivity index (χ1) is 17.1. The normalized spacial score (nSPS) is 26.5. The zero-order chi connectivity index (χ0) is 27.7. The second-order valence-corrected chi connectivity index (χ2v) is 11.1. The lowest BCUT2D eigenvalue weighted by atomic mass is 9.98. The van der Waals surface area contributed by atoms with E-state index in [4.69, 9.17) is 18.9 Å². The van der Waals surface area contributed by atoms with Gasteiger partial charge in [0.2, 0.25) is 0 Å². The molecule has 1 fully saturated rings. The summed E-state index contributed by atoms with van der Waals surface area (Å²) < 4.78 is 23.1. The van der Waals surface area contributed by atoms with E-state index in [0.29, 0.717) is 22.4 Å². The monoisotopic (exact) mass is 511 g/mol. The van der Waals surface area contributed by atoms with Gasteiger partial charge in [0.25, 0.3) is 0 Å². The SMILES string of the molecule is Cc1cc(N(C)C(=O)OC(C)(C)C)cc2c1C(=O)O[C@@H](C)[C@H](C)/C=C\C(=O)[C@H]1OC(C)(C)O[C@H]1CC#C2. The van der Waals surface area contributed by atoms with E-state index in [2.05, 4.69) is 11.8 Å². The molecule has 2 aliphatic rings. The topological polar surface area (TPSA) is 91.4 Å². The number of ketones is 1. The van der Waals surface area contributed by atoms with Crippen molar-refractivity contribution in [1.82, 2.24) is 0 Å². The average molecular weight is 512 g/mol. The highest BCUT2D eigenvalue weighted by molar-refractivity contribution is 5.97. The van der Waals surface area contributed by atoms with Crippen molar-refractivity contribution in [2.24, 2.45) is 5.92 Å². The molecule has 1 aromatic carbocycles. The first-order valence-electron chi connectivity index (χ1n) is 12.5. The molecule has 0 unspecified atom stereocenters. The van der Waals surface area contributed by atoms with Gasteiger partial charge in [0.15, 0.2) is 17.7 Å². The molecule has 0 aromatic heterocycles. The summed E-state index contributed by atoms with van der Waals surface area (Å²) in [6.07, 6.45) is 0.998. The number of hydrogen-bond acceptors (Lipinski definition) is 7. The molecule has 1 saturated heterocycles. The summed E-state index contributed by atoms with van der Waals surface area (Å²) in [5.41, 5.74) is 1.20. The molecule has 1 amide bonds. The molecular formula is C29H37NO7. The molecule has 0 N–H and O–H groups in total. The number of ether oxygens (including phenoxy) is 4. The molecular weight excluding hydrogens is 474 g/mol. The van der Waals surface area contributed by atoms with Crippen LogP contribution in [-0.2, 0) is 23.7 Å². The number of amides is 1. The highest BCUT2D eigenvalue weighted by Gasteiger charge is 2.44. The van der Waals surface area contributed by atoms with Crippen LogP contribution < -0.4 is 4.90 Å². The Morgan fingerprint density at radius 2 is 1.84 bits per heavy atom. The summed E-state index contributed by atoms with van der Waals surface area (Å²) in [4.78, 5) is 40.2. The molecule has 0 bridgehead atoms. The van der Waals surface area contributed by atoms with Gasteiger partial charge < -0.3 is 18.9 Å². The van der Waals surface area contributed by atoms with E-state index in [-0.39, 0.29) is 18.1 Å². The molecule has 200 valence electrons. The van der Waals surface area contributed by atoms with Crippen LogP contribution in [-0.4, -0.2) is 54.6 Å². The van der Waals surface area contributed by atoms with Crippen LogP contribution in [0, 0.1) is 24.7 Å². The third-order valence-electron chi connectivity index (χ3n) is 6.17. The number of rotatable bonds is 1. The summed E-state index contributed by atoms with van der Waals surface area (Å²) in [6, 6.07) is 3.40. The Balaban J connectivity index is 2.07. The van der Waals surface area contributed by atoms with Crippen LogP contribution in [0.1, 0.15) is 76.4 Å². The van der Waals surface area contributed by atoms with E-state index in [1.807, 2.05) is 6.92 Å². The molecule has 8 heteroatoms. The zero-order valence-electron chi connectivity index (χ0n) is 23.1. The Labute approximate surface area is 219 Å². The third-order valence-corrected chi connectivity index (χ3v) is 6.17. The van der Waals surface area contributed by atoms with Crippen molar-refractivity contribution >= 4 is 23.5 Å². The fraction of sp³-hybridized carbons (Fsp3) is 0.552. The van der Waals surface area contributed by atoms with Gasteiger partial charge in [-0.15, -0.1) is 0 Å². The molecule has 0 spiro atoms. The van der Waals surface area contributed by atoms with E-state index < -0.39 is 41.8 Å². The van der Waals surface area contributed by atoms with E-state index in [9.17, 15) is 14.4 Å². The Hall–Kier alpha value is -3.15. The smallest absolute Gasteiger partial charge is 0.414 e. The van der Waals surface area contributed by atoms with E-state index >= 15 is 0 Å². The zero-order valence-corrected chi connectivity index (χ0v) is 23.1. The minimum atomic E-state index is -0.926. The molecule has 2 aliphatic heterocycles. The molecule has 3 rings (SSSR count). The maximum absolute atomic E-state index is 13.3. The van der Waals surface area contributed by atoms with Crippen molar-refractivity contribution in [3.8, 4) is 11.8 Å². The largest absolute Gasteiger partial charge is 0.458 e. The lowest BCUT2D eigenvalue weighted by Gasteiger charge is -2.25. The van der Waals surface area contributed by atoms with Gasteiger partial charge in [-0.3, -0.25) is 9.69 Å². The van der Waals surface area contributed by atoms with Crippen LogP contribution in [0.2, 0.25) is 0 Å². The standard InChI is InChI=1S/C29H37NO7/c1-17-13-14-22(31)25-23(35-29(7,8)36-25)12-10-11-20-16-21(30(9)27(33)37-28(4,5)6)15-18(2)24(20)26(32)34-19(17)3/h13-17,19,23,25H,12H2,1-9H3/b14-13-/t17-,19+,23+,25-/m1/s1. The van der Waals surface area contributed by atoms with Crippen LogP contribution in [0.4, 0.5) is 10.5 Å². The highest BCUT2D eigenvalue weighted by Crippen LogP contribution is 2.31. The molecule has 0 aliphatic carbocycles. The minimum Gasteiger partial charge on any atom is -0.458 e. The second kappa shape index (κ2) is 10.7. The third kappa shape index (κ3) is 7.00. The molecule has 2 heterocycles. The number of carbonyl (C=O) groups excluding carboxylic acids is 3. The number of aryl methyl sites for hydroxylation is 1. The molecule has 4 atom stereocenters.